The molecule has 2 fully saturated rings. The second-order valence-corrected chi connectivity index (χ2v) is 11.7. The molecule has 0 amide bonds. The van der Waals surface area contributed by atoms with Crippen LogP contribution in [0.3, 0.4) is 0 Å². The minimum Gasteiger partial charge on any atom is -0.177 e. The van der Waals surface area contributed by atoms with Gasteiger partial charge in [-0.15, -0.1) is 0 Å². The highest BCUT2D eigenvalue weighted by Gasteiger charge is 2.60. The van der Waals surface area contributed by atoms with E-state index in [1.54, 1.807) is 0 Å². The van der Waals surface area contributed by atoms with Crippen molar-refractivity contribution in [1.82, 2.24) is 0 Å². The average Bonchev–Trinajstić information content (AvgIpc) is 2.27. The number of hydrogen-bond acceptors (Lipinski definition) is 0. The van der Waals surface area contributed by atoms with Crippen molar-refractivity contribution in [2.75, 3.05) is 0 Å². The van der Waals surface area contributed by atoms with Gasteiger partial charge in [0.2, 0.25) is 0 Å². The summed E-state index contributed by atoms with van der Waals surface area (Å²) in [5.74, 6) is -3.90. The first-order valence-corrected chi connectivity index (χ1v) is 9.58. The molecule has 2 aliphatic rings. The van der Waals surface area contributed by atoms with Crippen LogP contribution in [0.2, 0.25) is 10.1 Å². The van der Waals surface area contributed by atoms with Crippen LogP contribution in [-0.4, -0.2) is 14.6 Å². The van der Waals surface area contributed by atoms with Crippen LogP contribution < -0.4 is 0 Å². The molecule has 19 heavy (non-hydrogen) atoms. The number of alkyl halides is 3. The fourth-order valence-electron chi connectivity index (χ4n) is 4.93. The maximum Gasteiger partial charge on any atom is 0.359 e. The van der Waals surface area contributed by atoms with Crippen molar-refractivity contribution in [2.24, 2.45) is 0 Å². The predicted molar refractivity (Wildman–Crippen MR) is 76.1 cm³/mol. The van der Waals surface area contributed by atoms with Gasteiger partial charge in [0, 0.05) is 0 Å². The van der Waals surface area contributed by atoms with E-state index in [9.17, 15) is 13.2 Å². The fraction of sp³-hybridized carbons (Fsp3) is 1.00. The van der Waals surface area contributed by atoms with Gasteiger partial charge in [-0.05, 0) is 10.1 Å². The smallest absolute Gasteiger partial charge is 0.177 e. The van der Waals surface area contributed by atoms with Gasteiger partial charge >= 0.3 is 5.80 Å². The second kappa shape index (κ2) is 5.42. The van der Waals surface area contributed by atoms with Gasteiger partial charge in [-0.2, -0.15) is 13.2 Å². The molecule has 0 aromatic heterocycles. The van der Waals surface area contributed by atoms with Crippen LogP contribution in [0, 0.1) is 0 Å². The normalized spacial score (nSPS) is 27.5. The maximum absolute atomic E-state index is 13.8. The van der Waals surface area contributed by atoms with E-state index < -0.39 is 14.6 Å². The van der Waals surface area contributed by atoms with Crippen molar-refractivity contribution in [2.45, 2.75) is 93.9 Å². The SMILES string of the molecule is CC1([SiH](C(F)(F)F)C2(C)CCCCC2)CCCCC1. The molecule has 0 aliphatic heterocycles. The minimum atomic E-state index is -3.90. The molecule has 0 bridgehead atoms. The van der Waals surface area contributed by atoms with Crippen LogP contribution in [0.25, 0.3) is 0 Å². The number of hydrogen-bond donors (Lipinski definition) is 0. The standard InChI is InChI=1S/C15H27F3Si/c1-13(9-5-3-6-10-13)19(15(16,17)18)14(2)11-7-4-8-12-14/h19H,3-12H2,1-2H3. The molecule has 0 aromatic rings. The van der Waals surface area contributed by atoms with Gasteiger partial charge in [0.1, 0.15) is 0 Å². The highest BCUT2D eigenvalue weighted by atomic mass is 28.3. The maximum atomic E-state index is 13.8. The molecule has 0 atom stereocenters. The Bertz CT molecular complexity index is 275. The topological polar surface area (TPSA) is 0 Å². The Morgan fingerprint density at radius 1 is 0.684 bits per heavy atom. The summed E-state index contributed by atoms with van der Waals surface area (Å²) >= 11 is 0. The third-order valence-electron chi connectivity index (χ3n) is 5.71. The van der Waals surface area contributed by atoms with Gasteiger partial charge in [0.15, 0.2) is 8.80 Å². The molecule has 0 aromatic carbocycles. The molecule has 0 spiro atoms. The number of rotatable bonds is 2. The van der Waals surface area contributed by atoms with Gasteiger partial charge in [0.25, 0.3) is 0 Å². The first-order valence-electron chi connectivity index (χ1n) is 7.85. The lowest BCUT2D eigenvalue weighted by molar-refractivity contribution is -0.0605. The summed E-state index contributed by atoms with van der Waals surface area (Å²) in [5.41, 5.74) is 0. The molecular weight excluding hydrogens is 265 g/mol. The summed E-state index contributed by atoms with van der Waals surface area (Å²) in [6, 6.07) is 0. The molecule has 2 saturated carbocycles. The van der Waals surface area contributed by atoms with Crippen molar-refractivity contribution in [3.63, 3.8) is 0 Å². The summed E-state index contributed by atoms with van der Waals surface area (Å²) in [4.78, 5) is 0. The molecule has 4 heteroatoms. The van der Waals surface area contributed by atoms with E-state index in [4.69, 9.17) is 0 Å². The monoisotopic (exact) mass is 292 g/mol. The Morgan fingerprint density at radius 2 is 1.00 bits per heavy atom. The molecule has 0 saturated heterocycles. The molecule has 0 radical (unpaired) electrons. The summed E-state index contributed by atoms with van der Waals surface area (Å²) in [5, 5.41) is -0.773. The van der Waals surface area contributed by atoms with Crippen molar-refractivity contribution in [3.8, 4) is 0 Å². The Kier molecular flexibility index (Phi) is 4.39. The van der Waals surface area contributed by atoms with Crippen molar-refractivity contribution in [1.29, 1.82) is 0 Å². The van der Waals surface area contributed by atoms with E-state index in [-0.39, 0.29) is 10.1 Å². The molecule has 2 rings (SSSR count). The fourth-order valence-corrected chi connectivity index (χ4v) is 10.2. The van der Waals surface area contributed by atoms with Crippen LogP contribution in [0.5, 0.6) is 0 Å². The van der Waals surface area contributed by atoms with E-state index in [0.29, 0.717) is 0 Å². The summed E-state index contributed by atoms with van der Waals surface area (Å²) in [6.07, 6.45) is 9.56. The van der Waals surface area contributed by atoms with E-state index in [2.05, 4.69) is 0 Å². The second-order valence-electron chi connectivity index (χ2n) is 7.40. The third kappa shape index (κ3) is 3.19. The number of halogens is 3. The summed E-state index contributed by atoms with van der Waals surface area (Å²) in [6.45, 7) is 3.94. The molecule has 0 unspecified atom stereocenters. The van der Waals surface area contributed by atoms with Crippen molar-refractivity contribution < 1.29 is 13.2 Å². The zero-order valence-electron chi connectivity index (χ0n) is 12.3. The molecule has 0 nitrogen and oxygen atoms in total. The van der Waals surface area contributed by atoms with Crippen LogP contribution in [0.1, 0.15) is 78.1 Å². The van der Waals surface area contributed by atoms with E-state index in [1.165, 1.54) is 0 Å². The zero-order valence-corrected chi connectivity index (χ0v) is 13.4. The molecule has 0 heterocycles. The highest BCUT2D eigenvalue weighted by molar-refractivity contribution is 6.67. The van der Waals surface area contributed by atoms with Crippen molar-refractivity contribution >= 4 is 8.80 Å². The average molecular weight is 292 g/mol. The first kappa shape index (κ1) is 15.4. The quantitative estimate of drug-likeness (QED) is 0.567. The van der Waals surface area contributed by atoms with Gasteiger partial charge in [-0.25, -0.2) is 0 Å². The van der Waals surface area contributed by atoms with Crippen LogP contribution >= 0.6 is 0 Å². The Balaban J connectivity index is 2.29. The van der Waals surface area contributed by atoms with Gasteiger partial charge in [-0.1, -0.05) is 78.1 Å². The van der Waals surface area contributed by atoms with Gasteiger partial charge in [0.05, 0.1) is 0 Å². The van der Waals surface area contributed by atoms with E-state index >= 15 is 0 Å². The van der Waals surface area contributed by atoms with Gasteiger partial charge < -0.3 is 0 Å². The van der Waals surface area contributed by atoms with E-state index in [0.717, 1.165) is 64.2 Å². The minimum absolute atomic E-state index is 0.386. The lowest BCUT2D eigenvalue weighted by atomic mass is 9.88. The summed E-state index contributed by atoms with van der Waals surface area (Å²) < 4.78 is 41.5. The lowest BCUT2D eigenvalue weighted by Gasteiger charge is -2.50. The third-order valence-corrected chi connectivity index (χ3v) is 10.3. The summed E-state index contributed by atoms with van der Waals surface area (Å²) in [7, 11) is -2.81. The molecule has 0 N–H and O–H groups in total. The van der Waals surface area contributed by atoms with Crippen LogP contribution in [0.15, 0.2) is 0 Å². The zero-order chi connectivity index (χ0) is 14.1. The van der Waals surface area contributed by atoms with Crippen LogP contribution in [-0.2, 0) is 0 Å². The van der Waals surface area contributed by atoms with Crippen LogP contribution in [0.4, 0.5) is 13.2 Å². The predicted octanol–water partition coefficient (Wildman–Crippen LogP) is 5.76. The Morgan fingerprint density at radius 3 is 1.26 bits per heavy atom. The van der Waals surface area contributed by atoms with E-state index in [1.807, 2.05) is 13.8 Å². The van der Waals surface area contributed by atoms with Gasteiger partial charge in [-0.3, -0.25) is 0 Å². The molecule has 2 aliphatic carbocycles. The molecule has 112 valence electrons. The largest absolute Gasteiger partial charge is 0.359 e. The lowest BCUT2D eigenvalue weighted by Crippen LogP contribution is -2.53. The Labute approximate surface area is 116 Å². The Hall–Kier alpha value is 0.00688. The highest BCUT2D eigenvalue weighted by Crippen LogP contribution is 2.61. The molecular formula is C15H27F3Si. The van der Waals surface area contributed by atoms with Crippen molar-refractivity contribution in [3.05, 3.63) is 0 Å². The first-order chi connectivity index (χ1) is 8.78.